The van der Waals surface area contributed by atoms with Crippen LogP contribution in [0.3, 0.4) is 0 Å². The molecule has 0 aliphatic carbocycles. The minimum Gasteiger partial charge on any atom is -0.483 e. The molecule has 0 bridgehead atoms. The Bertz CT molecular complexity index is 994. The molecule has 33 heavy (non-hydrogen) atoms. The normalized spacial score (nSPS) is 12.7. The molecular weight excluding hydrogens is 459 g/mol. The summed E-state index contributed by atoms with van der Waals surface area (Å²) >= 11 is 12.4. The van der Waals surface area contributed by atoms with Crippen LogP contribution in [0.1, 0.15) is 55.9 Å². The van der Waals surface area contributed by atoms with E-state index >= 15 is 0 Å². The number of carbonyl (C=O) groups excluding carboxylic acids is 2. The summed E-state index contributed by atoms with van der Waals surface area (Å²) < 4.78 is 5.93. The Balaban J connectivity index is 2.31. The predicted octanol–water partition coefficient (Wildman–Crippen LogP) is 6.02. The minimum atomic E-state index is -0.651. The summed E-state index contributed by atoms with van der Waals surface area (Å²) in [5, 5.41) is 3.95. The van der Waals surface area contributed by atoms with Gasteiger partial charge in [0.05, 0.1) is 0 Å². The standard InChI is InChI=1S/C26H34Cl2N2O3/c1-7-18(5)29-26(32)23(8-2)30(14-20-9-10-21(27)13-22(20)28)25(31)15-33-24-12-16(3)11-17(4)19(24)6/h9-13,18,23H,7-8,14-15H2,1-6H3,(H,29,32). The van der Waals surface area contributed by atoms with E-state index < -0.39 is 6.04 Å². The van der Waals surface area contributed by atoms with Gasteiger partial charge in [0, 0.05) is 22.6 Å². The van der Waals surface area contributed by atoms with Crippen molar-refractivity contribution in [3.8, 4) is 5.75 Å². The van der Waals surface area contributed by atoms with Gasteiger partial charge in [-0.15, -0.1) is 0 Å². The molecule has 180 valence electrons. The number of rotatable bonds is 10. The van der Waals surface area contributed by atoms with E-state index in [0.717, 1.165) is 23.1 Å². The summed E-state index contributed by atoms with van der Waals surface area (Å²) in [6, 6.07) is 8.49. The number of hydrogen-bond acceptors (Lipinski definition) is 3. The van der Waals surface area contributed by atoms with E-state index in [1.54, 1.807) is 23.1 Å². The molecule has 0 spiro atoms. The first kappa shape index (κ1) is 27.0. The van der Waals surface area contributed by atoms with Crippen LogP contribution in [-0.2, 0) is 16.1 Å². The highest BCUT2D eigenvalue weighted by atomic mass is 35.5. The van der Waals surface area contributed by atoms with Crippen LogP contribution in [0, 0.1) is 20.8 Å². The molecule has 2 amide bonds. The molecular formula is C26H34Cl2N2O3. The molecule has 0 aliphatic heterocycles. The van der Waals surface area contributed by atoms with E-state index in [1.165, 1.54) is 0 Å². The topological polar surface area (TPSA) is 58.6 Å². The van der Waals surface area contributed by atoms with Crippen LogP contribution in [0.25, 0.3) is 0 Å². The summed E-state index contributed by atoms with van der Waals surface area (Å²) in [5.41, 5.74) is 3.86. The number of benzene rings is 2. The van der Waals surface area contributed by atoms with E-state index in [4.69, 9.17) is 27.9 Å². The second kappa shape index (κ2) is 12.3. The maximum Gasteiger partial charge on any atom is 0.261 e. The number of nitrogens with zero attached hydrogens (tertiary/aromatic N) is 1. The van der Waals surface area contributed by atoms with Gasteiger partial charge in [0.1, 0.15) is 11.8 Å². The van der Waals surface area contributed by atoms with Gasteiger partial charge in [0.15, 0.2) is 6.61 Å². The van der Waals surface area contributed by atoms with Gasteiger partial charge in [0.25, 0.3) is 5.91 Å². The van der Waals surface area contributed by atoms with Gasteiger partial charge in [0.2, 0.25) is 5.91 Å². The van der Waals surface area contributed by atoms with Gasteiger partial charge < -0.3 is 15.0 Å². The molecule has 0 radical (unpaired) electrons. The van der Waals surface area contributed by atoms with Crippen molar-refractivity contribution < 1.29 is 14.3 Å². The van der Waals surface area contributed by atoms with E-state index in [0.29, 0.717) is 27.8 Å². The third-order valence-electron chi connectivity index (χ3n) is 5.86. The predicted molar refractivity (Wildman–Crippen MR) is 135 cm³/mol. The Labute approximate surface area is 207 Å². The smallest absolute Gasteiger partial charge is 0.261 e. The molecule has 0 heterocycles. The van der Waals surface area contributed by atoms with E-state index in [1.807, 2.05) is 47.6 Å². The van der Waals surface area contributed by atoms with Crippen LogP contribution < -0.4 is 10.1 Å². The fraction of sp³-hybridized carbons (Fsp3) is 0.462. The van der Waals surface area contributed by atoms with E-state index in [-0.39, 0.29) is 31.0 Å². The van der Waals surface area contributed by atoms with Gasteiger partial charge in [-0.3, -0.25) is 9.59 Å². The number of carbonyl (C=O) groups is 2. The fourth-order valence-electron chi connectivity index (χ4n) is 3.57. The average molecular weight is 493 g/mol. The Kier molecular flexibility index (Phi) is 10.1. The van der Waals surface area contributed by atoms with Crippen LogP contribution in [0.15, 0.2) is 30.3 Å². The van der Waals surface area contributed by atoms with Crippen molar-refractivity contribution in [2.75, 3.05) is 6.61 Å². The first-order valence-corrected chi connectivity index (χ1v) is 12.1. The average Bonchev–Trinajstić information content (AvgIpc) is 2.76. The maximum atomic E-state index is 13.4. The van der Waals surface area contributed by atoms with Crippen LogP contribution in [0.4, 0.5) is 0 Å². The third kappa shape index (κ3) is 7.38. The number of aryl methyl sites for hydroxylation is 2. The molecule has 7 heteroatoms. The van der Waals surface area contributed by atoms with Crippen molar-refractivity contribution in [2.45, 2.75) is 73.0 Å². The first-order chi connectivity index (χ1) is 15.6. The molecule has 2 atom stereocenters. The van der Waals surface area contributed by atoms with Crippen molar-refractivity contribution in [3.05, 3.63) is 62.6 Å². The summed E-state index contributed by atoms with van der Waals surface area (Å²) in [4.78, 5) is 28.0. The van der Waals surface area contributed by atoms with Crippen molar-refractivity contribution in [2.24, 2.45) is 0 Å². The molecule has 0 fully saturated rings. The van der Waals surface area contributed by atoms with Crippen LogP contribution in [0.2, 0.25) is 10.0 Å². The zero-order chi connectivity index (χ0) is 24.7. The number of nitrogens with one attached hydrogen (secondary N) is 1. The highest BCUT2D eigenvalue weighted by Gasteiger charge is 2.30. The zero-order valence-corrected chi connectivity index (χ0v) is 21.8. The molecule has 0 saturated heterocycles. The van der Waals surface area contributed by atoms with Crippen LogP contribution in [0.5, 0.6) is 5.75 Å². The molecule has 0 aliphatic rings. The van der Waals surface area contributed by atoms with Gasteiger partial charge in [-0.05, 0) is 81.0 Å². The lowest BCUT2D eigenvalue weighted by atomic mass is 10.1. The van der Waals surface area contributed by atoms with Gasteiger partial charge in [-0.1, -0.05) is 49.2 Å². The van der Waals surface area contributed by atoms with Crippen molar-refractivity contribution in [3.63, 3.8) is 0 Å². The SMILES string of the molecule is CCC(C)NC(=O)C(CC)N(Cc1ccc(Cl)cc1Cl)C(=O)COc1cc(C)cc(C)c1C. The molecule has 1 N–H and O–H groups in total. The highest BCUT2D eigenvalue weighted by molar-refractivity contribution is 6.35. The third-order valence-corrected chi connectivity index (χ3v) is 6.44. The van der Waals surface area contributed by atoms with Gasteiger partial charge in [-0.25, -0.2) is 0 Å². The Morgan fingerprint density at radius 3 is 2.36 bits per heavy atom. The summed E-state index contributed by atoms with van der Waals surface area (Å²) in [6.45, 7) is 11.8. The summed E-state index contributed by atoms with van der Waals surface area (Å²) in [7, 11) is 0. The Morgan fingerprint density at radius 1 is 1.06 bits per heavy atom. The highest BCUT2D eigenvalue weighted by Crippen LogP contribution is 2.25. The van der Waals surface area contributed by atoms with Crippen LogP contribution in [-0.4, -0.2) is 35.4 Å². The van der Waals surface area contributed by atoms with Crippen LogP contribution >= 0.6 is 23.2 Å². The molecule has 2 aromatic rings. The van der Waals surface area contributed by atoms with Crippen molar-refractivity contribution >= 4 is 35.0 Å². The number of amides is 2. The minimum absolute atomic E-state index is 0.0109. The lowest BCUT2D eigenvalue weighted by molar-refractivity contribution is -0.143. The first-order valence-electron chi connectivity index (χ1n) is 11.3. The molecule has 2 unspecified atom stereocenters. The lowest BCUT2D eigenvalue weighted by Crippen LogP contribution is -2.51. The largest absolute Gasteiger partial charge is 0.483 e. The second-order valence-electron chi connectivity index (χ2n) is 8.49. The van der Waals surface area contributed by atoms with Gasteiger partial charge in [-0.2, -0.15) is 0 Å². The molecule has 5 nitrogen and oxygen atoms in total. The Morgan fingerprint density at radius 2 is 1.76 bits per heavy atom. The quantitative estimate of drug-likeness (QED) is 0.440. The number of halogens is 2. The maximum absolute atomic E-state index is 13.4. The summed E-state index contributed by atoms with van der Waals surface area (Å²) in [6.07, 6.45) is 1.26. The van der Waals surface area contributed by atoms with Gasteiger partial charge >= 0.3 is 0 Å². The zero-order valence-electron chi connectivity index (χ0n) is 20.3. The lowest BCUT2D eigenvalue weighted by Gasteiger charge is -2.31. The van der Waals surface area contributed by atoms with Crippen molar-refractivity contribution in [1.82, 2.24) is 10.2 Å². The van der Waals surface area contributed by atoms with Crippen molar-refractivity contribution in [1.29, 1.82) is 0 Å². The Hall–Kier alpha value is -2.24. The molecule has 2 aromatic carbocycles. The molecule has 2 rings (SSSR count). The number of ether oxygens (including phenoxy) is 1. The molecule has 0 aromatic heterocycles. The number of hydrogen-bond donors (Lipinski definition) is 1. The fourth-order valence-corrected chi connectivity index (χ4v) is 4.04. The van der Waals surface area contributed by atoms with E-state index in [9.17, 15) is 9.59 Å². The second-order valence-corrected chi connectivity index (χ2v) is 9.34. The molecule has 0 saturated carbocycles. The van der Waals surface area contributed by atoms with E-state index in [2.05, 4.69) is 11.4 Å². The monoisotopic (exact) mass is 492 g/mol. The summed E-state index contributed by atoms with van der Waals surface area (Å²) in [5.74, 6) is 0.195.